The monoisotopic (exact) mass is 286 g/mol. The smallest absolute Gasteiger partial charge is 0.0527 e. The molecule has 0 saturated carbocycles. The molecule has 2 rings (SSSR count). The first kappa shape index (κ1) is 16.5. The van der Waals surface area contributed by atoms with Gasteiger partial charge in [-0.05, 0) is 58.2 Å². The van der Waals surface area contributed by atoms with Gasteiger partial charge in [0.15, 0.2) is 0 Å². The number of rotatable bonds is 5. The van der Waals surface area contributed by atoms with Crippen molar-refractivity contribution in [2.45, 2.75) is 45.7 Å². The number of hydrogen-bond donors (Lipinski definition) is 1. The Hall–Kier alpha value is -0.580. The maximum atomic E-state index is 5.67. The number of nitrogens with two attached hydrogens (primary N) is 1. The van der Waals surface area contributed by atoms with E-state index in [0.717, 1.165) is 19.0 Å². The minimum absolute atomic E-state index is 0. The van der Waals surface area contributed by atoms with Crippen LogP contribution < -0.4 is 5.73 Å². The van der Waals surface area contributed by atoms with Gasteiger partial charge in [0.05, 0.1) is 5.69 Å². The lowest BCUT2D eigenvalue weighted by Crippen LogP contribution is -2.36. The summed E-state index contributed by atoms with van der Waals surface area (Å²) in [6, 6.07) is 2.59. The lowest BCUT2D eigenvalue weighted by Gasteiger charge is -2.32. The third kappa shape index (κ3) is 4.48. The predicted molar refractivity (Wildman–Crippen MR) is 81.5 cm³/mol. The number of piperidine rings is 1. The number of hydrogen-bond acceptors (Lipinski definition) is 3. The molecule has 1 aliphatic heterocycles. The van der Waals surface area contributed by atoms with Crippen molar-refractivity contribution in [3.8, 4) is 0 Å². The van der Waals surface area contributed by atoms with E-state index in [1.807, 2.05) is 6.20 Å². The summed E-state index contributed by atoms with van der Waals surface area (Å²) in [5.41, 5.74) is 7.00. The zero-order valence-electron chi connectivity index (χ0n) is 12.1. The van der Waals surface area contributed by atoms with Gasteiger partial charge in [-0.2, -0.15) is 5.10 Å². The molecular weight excluding hydrogens is 260 g/mol. The van der Waals surface area contributed by atoms with Crippen LogP contribution in [0.25, 0.3) is 0 Å². The minimum atomic E-state index is 0. The first-order valence-electron chi connectivity index (χ1n) is 7.15. The Morgan fingerprint density at radius 1 is 1.47 bits per heavy atom. The molecule has 0 aromatic carbocycles. The second-order valence-corrected chi connectivity index (χ2v) is 5.68. The zero-order chi connectivity index (χ0) is 13.0. The molecule has 1 aromatic rings. The molecule has 5 heteroatoms. The summed E-state index contributed by atoms with van der Waals surface area (Å²) < 4.78 is 2.13. The van der Waals surface area contributed by atoms with Crippen molar-refractivity contribution < 1.29 is 0 Å². The SMILES string of the molecule is CC(C)n1nccc1CN1CCCC(CCN)C1.Cl. The lowest BCUT2D eigenvalue weighted by molar-refractivity contribution is 0.158. The highest BCUT2D eigenvalue weighted by Gasteiger charge is 2.20. The Bertz CT molecular complexity index is 362. The fraction of sp³-hybridized carbons (Fsp3) is 0.786. The summed E-state index contributed by atoms with van der Waals surface area (Å²) in [7, 11) is 0. The number of nitrogens with zero attached hydrogens (tertiary/aromatic N) is 3. The van der Waals surface area contributed by atoms with Gasteiger partial charge in [0.2, 0.25) is 0 Å². The van der Waals surface area contributed by atoms with Gasteiger partial charge in [-0.1, -0.05) is 0 Å². The molecule has 1 atom stereocenters. The van der Waals surface area contributed by atoms with Gasteiger partial charge < -0.3 is 5.73 Å². The molecule has 1 aliphatic rings. The molecule has 0 radical (unpaired) electrons. The molecule has 1 fully saturated rings. The summed E-state index contributed by atoms with van der Waals surface area (Å²) in [6.45, 7) is 8.63. The van der Waals surface area contributed by atoms with Crippen LogP contribution >= 0.6 is 12.4 Å². The van der Waals surface area contributed by atoms with E-state index < -0.39 is 0 Å². The normalized spacial score (nSPS) is 20.5. The lowest BCUT2D eigenvalue weighted by atomic mass is 9.95. The van der Waals surface area contributed by atoms with E-state index >= 15 is 0 Å². The molecule has 0 aliphatic carbocycles. The summed E-state index contributed by atoms with van der Waals surface area (Å²) >= 11 is 0. The van der Waals surface area contributed by atoms with Crippen LogP contribution in [0.15, 0.2) is 12.3 Å². The van der Waals surface area contributed by atoms with Gasteiger partial charge in [-0.15, -0.1) is 12.4 Å². The average Bonchev–Trinajstić information content (AvgIpc) is 2.78. The molecule has 0 amide bonds. The van der Waals surface area contributed by atoms with Crippen molar-refractivity contribution >= 4 is 12.4 Å². The van der Waals surface area contributed by atoms with Crippen LogP contribution in [0.4, 0.5) is 0 Å². The van der Waals surface area contributed by atoms with E-state index in [2.05, 4.69) is 34.6 Å². The standard InChI is InChI=1S/C14H26N4.ClH/c1-12(2)18-14(6-8-16-18)11-17-9-3-4-13(10-17)5-7-15;/h6,8,12-13H,3-5,7,9-11,15H2,1-2H3;1H. The number of halogens is 1. The molecule has 4 nitrogen and oxygen atoms in total. The quantitative estimate of drug-likeness (QED) is 0.904. The van der Waals surface area contributed by atoms with Gasteiger partial charge in [-0.25, -0.2) is 0 Å². The van der Waals surface area contributed by atoms with Crippen molar-refractivity contribution in [3.63, 3.8) is 0 Å². The van der Waals surface area contributed by atoms with E-state index in [1.54, 1.807) is 0 Å². The van der Waals surface area contributed by atoms with Crippen molar-refractivity contribution in [2.75, 3.05) is 19.6 Å². The molecule has 2 N–H and O–H groups in total. The van der Waals surface area contributed by atoms with E-state index in [1.165, 1.54) is 38.0 Å². The van der Waals surface area contributed by atoms with Gasteiger partial charge in [0, 0.05) is 25.3 Å². The van der Waals surface area contributed by atoms with Crippen LogP contribution in [-0.2, 0) is 6.54 Å². The summed E-state index contributed by atoms with van der Waals surface area (Å²) in [5.74, 6) is 0.791. The Morgan fingerprint density at radius 3 is 2.95 bits per heavy atom. The van der Waals surface area contributed by atoms with E-state index in [0.29, 0.717) is 6.04 Å². The highest BCUT2D eigenvalue weighted by molar-refractivity contribution is 5.85. The molecule has 0 spiro atoms. The third-order valence-electron chi connectivity index (χ3n) is 3.81. The van der Waals surface area contributed by atoms with E-state index in [9.17, 15) is 0 Å². The van der Waals surface area contributed by atoms with Crippen molar-refractivity contribution in [1.29, 1.82) is 0 Å². The maximum absolute atomic E-state index is 5.67. The second kappa shape index (κ2) is 7.88. The van der Waals surface area contributed by atoms with Crippen LogP contribution in [0.5, 0.6) is 0 Å². The molecule has 1 saturated heterocycles. The summed E-state index contributed by atoms with van der Waals surface area (Å²) in [5, 5.41) is 4.41. The van der Waals surface area contributed by atoms with Crippen LogP contribution in [0.1, 0.15) is 44.8 Å². The predicted octanol–water partition coefficient (Wildman–Crippen LogP) is 2.45. The van der Waals surface area contributed by atoms with Crippen LogP contribution in [0.3, 0.4) is 0 Å². The fourth-order valence-electron chi connectivity index (χ4n) is 2.93. The molecule has 2 heterocycles. The summed E-state index contributed by atoms with van der Waals surface area (Å²) in [6.07, 6.45) is 5.73. The number of likely N-dealkylation sites (tertiary alicyclic amines) is 1. The van der Waals surface area contributed by atoms with E-state index in [-0.39, 0.29) is 12.4 Å². The van der Waals surface area contributed by atoms with Gasteiger partial charge >= 0.3 is 0 Å². The van der Waals surface area contributed by atoms with Gasteiger partial charge in [0.25, 0.3) is 0 Å². The second-order valence-electron chi connectivity index (χ2n) is 5.68. The third-order valence-corrected chi connectivity index (χ3v) is 3.81. The first-order chi connectivity index (χ1) is 8.70. The maximum Gasteiger partial charge on any atom is 0.0527 e. The molecular formula is C14H27ClN4. The van der Waals surface area contributed by atoms with Gasteiger partial charge in [0.1, 0.15) is 0 Å². The van der Waals surface area contributed by atoms with Gasteiger partial charge in [-0.3, -0.25) is 9.58 Å². The zero-order valence-corrected chi connectivity index (χ0v) is 12.9. The van der Waals surface area contributed by atoms with E-state index in [4.69, 9.17) is 5.73 Å². The molecule has 1 aromatic heterocycles. The highest BCUT2D eigenvalue weighted by atomic mass is 35.5. The molecule has 110 valence electrons. The van der Waals surface area contributed by atoms with Crippen molar-refractivity contribution in [3.05, 3.63) is 18.0 Å². The largest absolute Gasteiger partial charge is 0.330 e. The first-order valence-corrected chi connectivity index (χ1v) is 7.15. The molecule has 1 unspecified atom stereocenters. The fourth-order valence-corrected chi connectivity index (χ4v) is 2.93. The van der Waals surface area contributed by atoms with Crippen molar-refractivity contribution in [1.82, 2.24) is 14.7 Å². The molecule has 0 bridgehead atoms. The Kier molecular flexibility index (Phi) is 6.83. The van der Waals surface area contributed by atoms with Crippen LogP contribution in [0.2, 0.25) is 0 Å². The Morgan fingerprint density at radius 2 is 2.26 bits per heavy atom. The topological polar surface area (TPSA) is 47.1 Å². The van der Waals surface area contributed by atoms with Crippen LogP contribution in [0, 0.1) is 5.92 Å². The highest BCUT2D eigenvalue weighted by Crippen LogP contribution is 2.21. The van der Waals surface area contributed by atoms with Crippen molar-refractivity contribution in [2.24, 2.45) is 11.7 Å². The molecule has 19 heavy (non-hydrogen) atoms. The Labute approximate surface area is 122 Å². The minimum Gasteiger partial charge on any atom is -0.330 e. The van der Waals surface area contributed by atoms with Crippen LogP contribution in [-0.4, -0.2) is 34.3 Å². The summed E-state index contributed by atoms with van der Waals surface area (Å²) in [4.78, 5) is 2.56. The number of aromatic nitrogens is 2. The average molecular weight is 287 g/mol. The Balaban J connectivity index is 0.00000180.